The molecule has 106 valence electrons. The van der Waals surface area contributed by atoms with Gasteiger partial charge in [-0.05, 0) is 64.6 Å². The van der Waals surface area contributed by atoms with Gasteiger partial charge in [0.25, 0.3) is 0 Å². The molecule has 1 aliphatic heterocycles. The standard InChI is InChI=1S/C14H17IN3OP/c1-9-5-11-8-16-18(20-15)13(11)7-12(9)10-3-4-17(2)14(19)6-10/h5,7-8,10,20H,3-4,6H2,1-2H3. The van der Waals surface area contributed by atoms with Crippen molar-refractivity contribution in [2.45, 2.75) is 25.7 Å². The van der Waals surface area contributed by atoms with Crippen LogP contribution in [-0.2, 0) is 4.79 Å². The van der Waals surface area contributed by atoms with Crippen molar-refractivity contribution in [2.75, 3.05) is 13.6 Å². The van der Waals surface area contributed by atoms with Gasteiger partial charge in [0, 0.05) is 25.4 Å². The number of hydrogen-bond acceptors (Lipinski definition) is 2. The first-order chi connectivity index (χ1) is 9.60. The zero-order valence-corrected chi connectivity index (χ0v) is 14.7. The maximum absolute atomic E-state index is 11.9. The van der Waals surface area contributed by atoms with Crippen molar-refractivity contribution in [2.24, 2.45) is 0 Å². The van der Waals surface area contributed by atoms with Gasteiger partial charge in [-0.15, -0.1) is 0 Å². The molecule has 6 heteroatoms. The van der Waals surface area contributed by atoms with Crippen LogP contribution in [0.25, 0.3) is 10.9 Å². The third-order valence-electron chi connectivity index (χ3n) is 4.14. The average Bonchev–Trinajstić information content (AvgIpc) is 2.83. The molecule has 2 unspecified atom stereocenters. The fourth-order valence-corrected chi connectivity index (χ4v) is 4.46. The SMILES string of the molecule is Cc1cc2cnn(PI)c2cc1C1CCN(C)C(=O)C1. The van der Waals surface area contributed by atoms with Gasteiger partial charge >= 0.3 is 0 Å². The first-order valence-electron chi connectivity index (χ1n) is 6.69. The summed E-state index contributed by atoms with van der Waals surface area (Å²) >= 11 is 2.35. The van der Waals surface area contributed by atoms with Crippen molar-refractivity contribution in [3.8, 4) is 0 Å². The maximum Gasteiger partial charge on any atom is 0.222 e. The maximum atomic E-state index is 11.9. The third-order valence-corrected chi connectivity index (χ3v) is 6.02. The van der Waals surface area contributed by atoms with Gasteiger partial charge in [0.05, 0.1) is 18.1 Å². The highest BCUT2D eigenvalue weighted by Gasteiger charge is 2.26. The molecule has 4 nitrogen and oxygen atoms in total. The summed E-state index contributed by atoms with van der Waals surface area (Å²) in [5.41, 5.74) is 3.77. The zero-order chi connectivity index (χ0) is 14.3. The first-order valence-corrected chi connectivity index (χ1v) is 10.7. The molecule has 0 bridgehead atoms. The van der Waals surface area contributed by atoms with Gasteiger partial charge in [-0.3, -0.25) is 4.79 Å². The number of carbonyl (C=O) groups is 1. The Kier molecular flexibility index (Phi) is 4.00. The van der Waals surface area contributed by atoms with E-state index in [0.717, 1.165) is 13.0 Å². The summed E-state index contributed by atoms with van der Waals surface area (Å²) in [6.45, 7) is 3.00. The number of aromatic nitrogens is 2. The minimum absolute atomic E-state index is 0.255. The molecular formula is C14H17IN3OP. The highest BCUT2D eigenvalue weighted by Crippen LogP contribution is 2.35. The predicted octanol–water partition coefficient (Wildman–Crippen LogP) is 3.47. The Hall–Kier alpha value is -0.680. The number of halogens is 1. The molecule has 0 spiro atoms. The monoisotopic (exact) mass is 401 g/mol. The van der Waals surface area contributed by atoms with E-state index in [1.807, 2.05) is 22.6 Å². The Morgan fingerprint density at radius 3 is 2.95 bits per heavy atom. The lowest BCUT2D eigenvalue weighted by Gasteiger charge is -2.29. The molecule has 1 aromatic heterocycles. The molecule has 3 rings (SSSR count). The number of fused-ring (bicyclic) bond motifs is 1. The quantitative estimate of drug-likeness (QED) is 0.571. The molecule has 0 radical (unpaired) electrons. The molecule has 2 aromatic rings. The Labute approximate surface area is 133 Å². The van der Waals surface area contributed by atoms with Gasteiger partial charge in [-0.2, -0.15) is 5.10 Å². The van der Waals surface area contributed by atoms with E-state index in [1.165, 1.54) is 22.0 Å². The van der Waals surface area contributed by atoms with Crippen LogP contribution >= 0.6 is 28.4 Å². The summed E-state index contributed by atoms with van der Waals surface area (Å²) in [5, 5.41) is 5.60. The van der Waals surface area contributed by atoms with Crippen LogP contribution in [0.1, 0.15) is 29.9 Å². The molecule has 2 heterocycles. The minimum Gasteiger partial charge on any atom is -0.346 e. The van der Waals surface area contributed by atoms with Crippen LogP contribution in [-0.4, -0.2) is 34.0 Å². The number of rotatable bonds is 2. The zero-order valence-electron chi connectivity index (χ0n) is 11.6. The number of likely N-dealkylation sites (tertiary alicyclic amines) is 1. The summed E-state index contributed by atoms with van der Waals surface area (Å²) in [6.07, 6.45) is 4.21. The lowest BCUT2D eigenvalue weighted by molar-refractivity contribution is -0.132. The number of amides is 1. The second kappa shape index (κ2) is 5.60. The highest BCUT2D eigenvalue weighted by molar-refractivity contribution is 14.2. The van der Waals surface area contributed by atoms with E-state index in [0.29, 0.717) is 18.7 Å². The van der Waals surface area contributed by atoms with Crippen LogP contribution in [0.4, 0.5) is 0 Å². The van der Waals surface area contributed by atoms with Gasteiger partial charge in [-0.1, -0.05) is 0 Å². The van der Waals surface area contributed by atoms with Crippen LogP contribution in [0.5, 0.6) is 0 Å². The van der Waals surface area contributed by atoms with E-state index in [2.05, 4.69) is 46.2 Å². The number of nitrogens with zero attached hydrogens (tertiary/aromatic N) is 3. The number of piperidine rings is 1. The topological polar surface area (TPSA) is 38.1 Å². The lowest BCUT2D eigenvalue weighted by atomic mass is 9.86. The Morgan fingerprint density at radius 2 is 2.25 bits per heavy atom. The lowest BCUT2D eigenvalue weighted by Crippen LogP contribution is -2.34. The predicted molar refractivity (Wildman–Crippen MR) is 91.8 cm³/mol. The van der Waals surface area contributed by atoms with E-state index in [9.17, 15) is 4.79 Å². The fraction of sp³-hybridized carbons (Fsp3) is 0.429. The number of benzene rings is 1. The molecular weight excluding hydrogens is 384 g/mol. The molecule has 0 saturated carbocycles. The van der Waals surface area contributed by atoms with Crippen LogP contribution in [0.2, 0.25) is 0 Å². The van der Waals surface area contributed by atoms with E-state index in [4.69, 9.17) is 0 Å². The van der Waals surface area contributed by atoms with E-state index in [1.54, 1.807) is 0 Å². The molecule has 1 amide bonds. The Bertz CT molecular complexity index is 670. The third kappa shape index (κ3) is 2.46. The van der Waals surface area contributed by atoms with Crippen LogP contribution < -0.4 is 0 Å². The van der Waals surface area contributed by atoms with Crippen LogP contribution in [0.3, 0.4) is 0 Å². The highest BCUT2D eigenvalue weighted by atomic mass is 127. The van der Waals surface area contributed by atoms with Crippen LogP contribution in [0, 0.1) is 6.92 Å². The Morgan fingerprint density at radius 1 is 1.45 bits per heavy atom. The summed E-state index contributed by atoms with van der Waals surface area (Å²) < 4.78 is 2.04. The molecule has 1 aliphatic rings. The number of carbonyl (C=O) groups excluding carboxylic acids is 1. The van der Waals surface area contributed by atoms with Crippen molar-refractivity contribution in [3.63, 3.8) is 0 Å². The van der Waals surface area contributed by atoms with E-state index < -0.39 is 0 Å². The summed E-state index contributed by atoms with van der Waals surface area (Å²) in [7, 11) is 1.89. The second-order valence-corrected chi connectivity index (χ2v) is 7.45. The molecule has 0 N–H and O–H groups in total. The normalized spacial score (nSPS) is 20.4. The molecule has 2 atom stereocenters. The van der Waals surface area contributed by atoms with Gasteiger partial charge in [0.1, 0.15) is 0 Å². The van der Waals surface area contributed by atoms with Crippen molar-refractivity contribution in [1.82, 2.24) is 14.5 Å². The molecule has 20 heavy (non-hydrogen) atoms. The van der Waals surface area contributed by atoms with Gasteiger partial charge in [0.15, 0.2) is 0 Å². The molecule has 1 fully saturated rings. The van der Waals surface area contributed by atoms with Crippen molar-refractivity contribution in [1.29, 1.82) is 0 Å². The van der Waals surface area contributed by atoms with Crippen LogP contribution in [0.15, 0.2) is 18.3 Å². The van der Waals surface area contributed by atoms with E-state index >= 15 is 0 Å². The summed E-state index contributed by atoms with van der Waals surface area (Å²) in [6, 6.07) is 4.44. The average molecular weight is 401 g/mol. The molecule has 0 aliphatic carbocycles. The van der Waals surface area contributed by atoms with Gasteiger partial charge in [-0.25, -0.2) is 4.45 Å². The largest absolute Gasteiger partial charge is 0.346 e. The second-order valence-electron chi connectivity index (χ2n) is 5.41. The smallest absolute Gasteiger partial charge is 0.222 e. The molecule has 1 aromatic carbocycles. The summed E-state index contributed by atoms with van der Waals surface area (Å²) in [4.78, 5) is 13.8. The number of aryl methyl sites for hydroxylation is 1. The van der Waals surface area contributed by atoms with Crippen molar-refractivity contribution in [3.05, 3.63) is 29.5 Å². The van der Waals surface area contributed by atoms with Gasteiger partial charge in [0.2, 0.25) is 5.91 Å². The minimum atomic E-state index is 0.255. The number of hydrogen-bond donors (Lipinski definition) is 0. The van der Waals surface area contributed by atoms with E-state index in [-0.39, 0.29) is 5.91 Å². The first kappa shape index (κ1) is 14.3. The fourth-order valence-electron chi connectivity index (χ4n) is 2.92. The van der Waals surface area contributed by atoms with Crippen molar-refractivity contribution < 1.29 is 4.79 Å². The summed E-state index contributed by atoms with van der Waals surface area (Å²) in [5.74, 6) is 0.606. The van der Waals surface area contributed by atoms with Crippen molar-refractivity contribution >= 4 is 45.2 Å². The molecule has 1 saturated heterocycles. The Balaban J connectivity index is 2.02. The van der Waals surface area contributed by atoms with Gasteiger partial charge < -0.3 is 4.90 Å².